The van der Waals surface area contributed by atoms with E-state index in [1.807, 2.05) is 31.2 Å². The lowest BCUT2D eigenvalue weighted by Crippen LogP contribution is -2.27. The van der Waals surface area contributed by atoms with Gasteiger partial charge in [-0.05, 0) is 42.7 Å². The Kier molecular flexibility index (Phi) is 4.82. The van der Waals surface area contributed by atoms with Crippen LogP contribution in [0.5, 0.6) is 0 Å². The minimum atomic E-state index is -0.778. The Labute approximate surface area is 127 Å². The minimum Gasteiger partial charge on any atom is -0.385 e. The summed E-state index contributed by atoms with van der Waals surface area (Å²) in [5.41, 5.74) is 0.204. The summed E-state index contributed by atoms with van der Waals surface area (Å²) in [4.78, 5) is 2.63. The summed E-state index contributed by atoms with van der Waals surface area (Å²) < 4.78 is 1.01. The fourth-order valence-corrected chi connectivity index (χ4v) is 3.67. The molecule has 1 aromatic carbocycles. The third-order valence-corrected chi connectivity index (χ3v) is 5.20. The topological polar surface area (TPSA) is 20.2 Å². The largest absolute Gasteiger partial charge is 0.385 e. The van der Waals surface area contributed by atoms with E-state index in [1.165, 1.54) is 9.75 Å². The van der Waals surface area contributed by atoms with Crippen molar-refractivity contribution in [2.45, 2.75) is 38.7 Å². The number of aryl methyl sites for hydroxylation is 1. The van der Waals surface area contributed by atoms with Gasteiger partial charge < -0.3 is 5.11 Å². The Morgan fingerprint density at radius 1 is 1.16 bits per heavy atom. The van der Waals surface area contributed by atoms with Gasteiger partial charge in [0, 0.05) is 20.6 Å². The van der Waals surface area contributed by atoms with E-state index in [0.29, 0.717) is 12.8 Å². The molecule has 0 bridgehead atoms. The standard InChI is InChI=1S/C16H19BrOS/c1-3-14-8-9-15(19-14)11-16(18,4-2)12-6-5-7-13(17)10-12/h5-10,18H,3-4,11H2,1-2H3. The molecule has 2 rings (SSSR count). The summed E-state index contributed by atoms with van der Waals surface area (Å²) in [7, 11) is 0. The number of hydrogen-bond acceptors (Lipinski definition) is 2. The molecule has 0 spiro atoms. The molecule has 0 radical (unpaired) electrons. The van der Waals surface area contributed by atoms with Gasteiger partial charge in [0.2, 0.25) is 0 Å². The van der Waals surface area contributed by atoms with Crippen molar-refractivity contribution in [2.75, 3.05) is 0 Å². The zero-order valence-electron chi connectivity index (χ0n) is 11.3. The first-order valence-electron chi connectivity index (χ1n) is 6.63. The fourth-order valence-electron chi connectivity index (χ4n) is 2.20. The lowest BCUT2D eigenvalue weighted by molar-refractivity contribution is 0.0335. The minimum absolute atomic E-state index is 0.685. The predicted octanol–water partition coefficient (Wildman–Crippen LogP) is 4.91. The Morgan fingerprint density at radius 3 is 2.47 bits per heavy atom. The van der Waals surface area contributed by atoms with E-state index in [4.69, 9.17) is 0 Å². The molecule has 1 nitrogen and oxygen atoms in total. The number of hydrogen-bond donors (Lipinski definition) is 1. The third-order valence-electron chi connectivity index (χ3n) is 3.48. The first kappa shape index (κ1) is 14.8. The SMILES string of the molecule is CCc1ccc(CC(O)(CC)c2cccc(Br)c2)s1. The highest BCUT2D eigenvalue weighted by molar-refractivity contribution is 9.10. The van der Waals surface area contributed by atoms with Crippen LogP contribution in [0.4, 0.5) is 0 Å². The van der Waals surface area contributed by atoms with Crippen molar-refractivity contribution in [3.63, 3.8) is 0 Å². The van der Waals surface area contributed by atoms with Gasteiger partial charge in [-0.15, -0.1) is 11.3 Å². The van der Waals surface area contributed by atoms with E-state index in [0.717, 1.165) is 16.5 Å². The maximum Gasteiger partial charge on any atom is 0.0942 e. The summed E-state index contributed by atoms with van der Waals surface area (Å²) >= 11 is 5.28. The Morgan fingerprint density at radius 2 is 1.89 bits per heavy atom. The normalized spacial score (nSPS) is 14.3. The van der Waals surface area contributed by atoms with Gasteiger partial charge in [0.15, 0.2) is 0 Å². The number of benzene rings is 1. The van der Waals surface area contributed by atoms with E-state index in [1.54, 1.807) is 11.3 Å². The molecular weight excluding hydrogens is 320 g/mol. The molecular formula is C16H19BrOS. The highest BCUT2D eigenvalue weighted by Crippen LogP contribution is 2.33. The summed E-state index contributed by atoms with van der Waals surface area (Å²) in [5.74, 6) is 0. The average Bonchev–Trinajstić information content (AvgIpc) is 2.86. The molecule has 0 aliphatic carbocycles. The molecule has 19 heavy (non-hydrogen) atoms. The van der Waals surface area contributed by atoms with E-state index in [-0.39, 0.29) is 0 Å². The van der Waals surface area contributed by atoms with Gasteiger partial charge in [-0.2, -0.15) is 0 Å². The van der Waals surface area contributed by atoms with Crippen molar-refractivity contribution in [2.24, 2.45) is 0 Å². The quantitative estimate of drug-likeness (QED) is 0.820. The molecule has 0 fully saturated rings. The first-order valence-corrected chi connectivity index (χ1v) is 8.24. The zero-order chi connectivity index (χ0) is 13.9. The van der Waals surface area contributed by atoms with Crippen LogP contribution in [-0.4, -0.2) is 5.11 Å². The second-order valence-electron chi connectivity index (χ2n) is 4.79. The molecule has 1 atom stereocenters. The summed E-state index contributed by atoms with van der Waals surface area (Å²) in [6.07, 6.45) is 2.46. The van der Waals surface area contributed by atoms with Crippen LogP contribution in [0.15, 0.2) is 40.9 Å². The van der Waals surface area contributed by atoms with Crippen molar-refractivity contribution in [3.8, 4) is 0 Å². The van der Waals surface area contributed by atoms with Crippen molar-refractivity contribution in [1.29, 1.82) is 0 Å². The molecule has 1 unspecified atom stereocenters. The van der Waals surface area contributed by atoms with Gasteiger partial charge in [0.05, 0.1) is 5.60 Å². The molecule has 1 aromatic heterocycles. The summed E-state index contributed by atoms with van der Waals surface area (Å²) in [6.45, 7) is 4.20. The highest BCUT2D eigenvalue weighted by Gasteiger charge is 2.28. The Balaban J connectivity index is 2.27. The molecule has 3 heteroatoms. The van der Waals surface area contributed by atoms with Gasteiger partial charge in [-0.3, -0.25) is 0 Å². The number of rotatable bonds is 5. The molecule has 0 aliphatic rings. The van der Waals surface area contributed by atoms with E-state index in [9.17, 15) is 5.11 Å². The van der Waals surface area contributed by atoms with Crippen molar-refractivity contribution in [3.05, 3.63) is 56.2 Å². The number of thiophene rings is 1. The van der Waals surface area contributed by atoms with Gasteiger partial charge >= 0.3 is 0 Å². The molecule has 0 saturated heterocycles. The molecule has 102 valence electrons. The van der Waals surface area contributed by atoms with Crippen LogP contribution in [0.25, 0.3) is 0 Å². The van der Waals surface area contributed by atoms with E-state index >= 15 is 0 Å². The Bertz CT molecular complexity index is 549. The number of halogens is 1. The molecule has 0 aliphatic heterocycles. The van der Waals surface area contributed by atoms with Gasteiger partial charge in [0.1, 0.15) is 0 Å². The molecule has 1 N–H and O–H groups in total. The first-order chi connectivity index (χ1) is 9.07. The summed E-state index contributed by atoms with van der Waals surface area (Å²) in [5, 5.41) is 10.9. The second kappa shape index (κ2) is 6.21. The van der Waals surface area contributed by atoms with Crippen LogP contribution >= 0.6 is 27.3 Å². The Hall–Kier alpha value is -0.640. The maximum atomic E-state index is 10.9. The predicted molar refractivity (Wildman–Crippen MR) is 85.7 cm³/mol. The monoisotopic (exact) mass is 338 g/mol. The average molecular weight is 339 g/mol. The van der Waals surface area contributed by atoms with E-state index < -0.39 is 5.60 Å². The van der Waals surface area contributed by atoms with Crippen LogP contribution in [0.3, 0.4) is 0 Å². The zero-order valence-corrected chi connectivity index (χ0v) is 13.7. The van der Waals surface area contributed by atoms with Crippen LogP contribution < -0.4 is 0 Å². The molecule has 0 saturated carbocycles. The second-order valence-corrected chi connectivity index (χ2v) is 6.96. The lowest BCUT2D eigenvalue weighted by atomic mass is 9.87. The molecule has 1 heterocycles. The van der Waals surface area contributed by atoms with Crippen molar-refractivity contribution >= 4 is 27.3 Å². The fraction of sp³-hybridized carbons (Fsp3) is 0.375. The summed E-state index contributed by atoms with van der Waals surface area (Å²) in [6, 6.07) is 12.3. The smallest absolute Gasteiger partial charge is 0.0942 e. The highest BCUT2D eigenvalue weighted by atomic mass is 79.9. The molecule has 2 aromatic rings. The van der Waals surface area contributed by atoms with Gasteiger partial charge in [-0.25, -0.2) is 0 Å². The van der Waals surface area contributed by atoms with Gasteiger partial charge in [0.25, 0.3) is 0 Å². The van der Waals surface area contributed by atoms with Crippen LogP contribution in [0.1, 0.15) is 35.6 Å². The van der Waals surface area contributed by atoms with Crippen molar-refractivity contribution < 1.29 is 5.11 Å². The van der Waals surface area contributed by atoms with Crippen molar-refractivity contribution in [1.82, 2.24) is 0 Å². The maximum absolute atomic E-state index is 10.9. The van der Waals surface area contributed by atoms with E-state index in [2.05, 4.69) is 35.0 Å². The van der Waals surface area contributed by atoms with Crippen LogP contribution in [0.2, 0.25) is 0 Å². The van der Waals surface area contributed by atoms with Gasteiger partial charge in [-0.1, -0.05) is 41.9 Å². The van der Waals surface area contributed by atoms with Crippen LogP contribution in [0, 0.1) is 0 Å². The third kappa shape index (κ3) is 3.47. The lowest BCUT2D eigenvalue weighted by Gasteiger charge is -2.27. The number of aliphatic hydroxyl groups is 1. The van der Waals surface area contributed by atoms with Crippen LogP contribution in [-0.2, 0) is 18.4 Å². The molecule has 0 amide bonds.